The average Bonchev–Trinajstić information content (AvgIpc) is 2.89. The summed E-state index contributed by atoms with van der Waals surface area (Å²) in [4.78, 5) is 3.26. The molecule has 2 N–H and O–H groups in total. The minimum Gasteiger partial charge on any atom is -0.489 e. The summed E-state index contributed by atoms with van der Waals surface area (Å²) in [5.74, 6) is 1.56. The maximum absolute atomic E-state index is 9.94. The molecule has 0 aliphatic heterocycles. The largest absolute Gasteiger partial charge is 0.489 e. The number of aliphatic hydroxyl groups excluding tert-OH is 1. The van der Waals surface area contributed by atoms with Crippen molar-refractivity contribution in [3.63, 3.8) is 0 Å². The summed E-state index contributed by atoms with van der Waals surface area (Å²) in [6.07, 6.45) is -0.567. The molecule has 22 heavy (non-hydrogen) atoms. The first kappa shape index (κ1) is 14.9. The number of benzene rings is 2. The summed E-state index contributed by atoms with van der Waals surface area (Å²) >= 11 is 5.86. The Kier molecular flexibility index (Phi) is 4.32. The Balaban J connectivity index is 1.78. The van der Waals surface area contributed by atoms with Crippen molar-refractivity contribution in [1.82, 2.24) is 4.98 Å². The molecule has 3 aromatic rings. The summed E-state index contributed by atoms with van der Waals surface area (Å²) in [7, 11) is 0. The summed E-state index contributed by atoms with van der Waals surface area (Å²) in [5, 5.41) is 10.6. The molecule has 1 unspecified atom stereocenters. The number of fused-ring (bicyclic) bond motifs is 1. The van der Waals surface area contributed by atoms with Crippen molar-refractivity contribution >= 4 is 22.6 Å². The van der Waals surface area contributed by atoms with Gasteiger partial charge in [-0.05, 0) is 43.3 Å². The quantitative estimate of drug-likeness (QED) is 0.710. The van der Waals surface area contributed by atoms with Gasteiger partial charge >= 0.3 is 0 Å². The molecular formula is C17H18ClN2O2+. The van der Waals surface area contributed by atoms with Crippen LogP contribution in [0.5, 0.6) is 5.75 Å². The highest BCUT2D eigenvalue weighted by Gasteiger charge is 2.21. The third-order valence-electron chi connectivity index (χ3n) is 3.54. The SMILES string of the molecule is CC(O)c1[nH]c2ccccc2[n+]1CCOc1ccc(Cl)cc1. The zero-order valence-corrected chi connectivity index (χ0v) is 13.0. The Morgan fingerprint density at radius 2 is 1.91 bits per heavy atom. The van der Waals surface area contributed by atoms with E-state index in [9.17, 15) is 5.11 Å². The maximum Gasteiger partial charge on any atom is 0.284 e. The third-order valence-corrected chi connectivity index (χ3v) is 3.79. The molecule has 5 heteroatoms. The van der Waals surface area contributed by atoms with Gasteiger partial charge in [0.05, 0.1) is 0 Å². The molecule has 3 rings (SSSR count). The van der Waals surface area contributed by atoms with Crippen molar-refractivity contribution in [3.8, 4) is 5.75 Å². The molecule has 1 atom stereocenters. The Labute approximate surface area is 133 Å². The van der Waals surface area contributed by atoms with Crippen molar-refractivity contribution in [2.45, 2.75) is 19.6 Å². The molecule has 0 aliphatic carbocycles. The molecule has 0 saturated heterocycles. The molecule has 0 amide bonds. The van der Waals surface area contributed by atoms with Crippen molar-refractivity contribution < 1.29 is 14.4 Å². The van der Waals surface area contributed by atoms with Crippen LogP contribution in [-0.2, 0) is 6.54 Å². The van der Waals surface area contributed by atoms with Crippen molar-refractivity contribution in [1.29, 1.82) is 0 Å². The minimum atomic E-state index is -0.567. The van der Waals surface area contributed by atoms with Gasteiger partial charge in [-0.25, -0.2) is 9.55 Å². The molecule has 4 nitrogen and oxygen atoms in total. The Bertz CT molecular complexity index is 766. The van der Waals surface area contributed by atoms with E-state index in [1.165, 1.54) is 0 Å². The highest BCUT2D eigenvalue weighted by atomic mass is 35.5. The first-order chi connectivity index (χ1) is 10.6. The van der Waals surface area contributed by atoms with E-state index in [-0.39, 0.29) is 0 Å². The molecule has 1 aromatic heterocycles. The fourth-order valence-corrected chi connectivity index (χ4v) is 2.63. The van der Waals surface area contributed by atoms with Gasteiger partial charge in [-0.15, -0.1) is 0 Å². The number of imidazole rings is 1. The number of rotatable bonds is 5. The van der Waals surface area contributed by atoms with Crippen LogP contribution in [0.15, 0.2) is 48.5 Å². The van der Waals surface area contributed by atoms with Gasteiger partial charge in [0.15, 0.2) is 17.1 Å². The predicted molar refractivity (Wildman–Crippen MR) is 86.1 cm³/mol. The number of hydrogen-bond acceptors (Lipinski definition) is 2. The maximum atomic E-state index is 9.94. The molecule has 0 saturated carbocycles. The van der Waals surface area contributed by atoms with Crippen LogP contribution in [0.4, 0.5) is 0 Å². The van der Waals surface area contributed by atoms with Crippen LogP contribution >= 0.6 is 11.6 Å². The van der Waals surface area contributed by atoms with Gasteiger partial charge in [0.25, 0.3) is 5.82 Å². The summed E-state index contributed by atoms with van der Waals surface area (Å²) in [6.45, 7) is 2.90. The summed E-state index contributed by atoms with van der Waals surface area (Å²) in [5.41, 5.74) is 2.06. The number of nitrogens with zero attached hydrogens (tertiary/aromatic N) is 1. The van der Waals surface area contributed by atoms with Gasteiger partial charge in [-0.3, -0.25) is 0 Å². The van der Waals surface area contributed by atoms with Crippen LogP contribution in [0, 0.1) is 0 Å². The summed E-state index contributed by atoms with van der Waals surface area (Å²) < 4.78 is 7.79. The second-order valence-electron chi connectivity index (χ2n) is 5.16. The van der Waals surface area contributed by atoms with Crippen LogP contribution in [0.3, 0.4) is 0 Å². The van der Waals surface area contributed by atoms with Crippen LogP contribution in [0.2, 0.25) is 5.02 Å². The van der Waals surface area contributed by atoms with E-state index >= 15 is 0 Å². The fraction of sp³-hybridized carbons (Fsp3) is 0.235. The zero-order valence-electron chi connectivity index (χ0n) is 12.3. The normalized spacial score (nSPS) is 12.5. The number of ether oxygens (including phenoxy) is 1. The summed E-state index contributed by atoms with van der Waals surface area (Å²) in [6, 6.07) is 15.3. The highest BCUT2D eigenvalue weighted by Crippen LogP contribution is 2.16. The first-order valence-electron chi connectivity index (χ1n) is 7.22. The molecule has 0 bridgehead atoms. The molecule has 0 radical (unpaired) electrons. The van der Waals surface area contributed by atoms with Crippen LogP contribution in [0.1, 0.15) is 18.9 Å². The van der Waals surface area contributed by atoms with E-state index in [2.05, 4.69) is 9.55 Å². The van der Waals surface area contributed by atoms with Crippen molar-refractivity contribution in [2.24, 2.45) is 0 Å². The van der Waals surface area contributed by atoms with Crippen molar-refractivity contribution in [2.75, 3.05) is 6.61 Å². The number of para-hydroxylation sites is 2. The van der Waals surface area contributed by atoms with E-state index < -0.39 is 6.10 Å². The number of nitrogens with one attached hydrogen (secondary N) is 1. The van der Waals surface area contributed by atoms with Gasteiger partial charge in [0, 0.05) is 5.02 Å². The zero-order chi connectivity index (χ0) is 15.5. The lowest BCUT2D eigenvalue weighted by molar-refractivity contribution is -0.683. The lowest BCUT2D eigenvalue weighted by Crippen LogP contribution is -2.40. The van der Waals surface area contributed by atoms with Gasteiger partial charge < -0.3 is 9.84 Å². The second-order valence-corrected chi connectivity index (χ2v) is 5.59. The van der Waals surface area contributed by atoms with Crippen LogP contribution in [0.25, 0.3) is 11.0 Å². The third kappa shape index (κ3) is 3.08. The molecule has 114 valence electrons. The molecule has 0 aliphatic rings. The van der Waals surface area contributed by atoms with E-state index in [4.69, 9.17) is 16.3 Å². The first-order valence-corrected chi connectivity index (χ1v) is 7.60. The van der Waals surface area contributed by atoms with E-state index in [1.54, 1.807) is 19.1 Å². The Hall–Kier alpha value is -2.04. The van der Waals surface area contributed by atoms with Gasteiger partial charge in [0.1, 0.15) is 18.9 Å². The lowest BCUT2D eigenvalue weighted by atomic mass is 10.3. The Morgan fingerprint density at radius 3 is 2.64 bits per heavy atom. The molecule has 1 heterocycles. The number of aromatic nitrogens is 2. The monoisotopic (exact) mass is 317 g/mol. The van der Waals surface area contributed by atoms with Crippen LogP contribution in [-0.4, -0.2) is 16.7 Å². The topological polar surface area (TPSA) is 49.1 Å². The van der Waals surface area contributed by atoms with Crippen molar-refractivity contribution in [3.05, 3.63) is 59.4 Å². The standard InChI is InChI=1S/C17H17ClN2O2/c1-12(21)17-19-15-4-2-3-5-16(15)20(17)10-11-22-14-8-6-13(18)7-9-14/h2-9,12,21H,10-11H2,1H3/p+1. The van der Waals surface area contributed by atoms with Gasteiger partial charge in [-0.1, -0.05) is 23.7 Å². The Morgan fingerprint density at radius 1 is 1.18 bits per heavy atom. The number of halogens is 1. The number of aliphatic hydroxyl groups is 1. The number of hydrogen-bond donors (Lipinski definition) is 2. The molecule has 2 aromatic carbocycles. The molecular weight excluding hydrogens is 300 g/mol. The van der Waals surface area contributed by atoms with E-state index in [1.807, 2.05) is 36.4 Å². The smallest absolute Gasteiger partial charge is 0.284 e. The molecule has 0 fully saturated rings. The second kappa shape index (κ2) is 6.38. The highest BCUT2D eigenvalue weighted by molar-refractivity contribution is 6.30. The van der Waals surface area contributed by atoms with Crippen LogP contribution < -0.4 is 9.30 Å². The predicted octanol–water partition coefficient (Wildman–Crippen LogP) is 3.24. The van der Waals surface area contributed by atoms with E-state index in [0.29, 0.717) is 18.2 Å². The number of aromatic amines is 1. The van der Waals surface area contributed by atoms with Gasteiger partial charge in [-0.2, -0.15) is 0 Å². The molecule has 0 spiro atoms. The minimum absolute atomic E-state index is 0.508. The van der Waals surface area contributed by atoms with E-state index in [0.717, 1.165) is 22.6 Å². The number of H-pyrrole nitrogens is 1. The average molecular weight is 318 g/mol. The van der Waals surface area contributed by atoms with Gasteiger partial charge in [0.2, 0.25) is 0 Å². The fourth-order valence-electron chi connectivity index (χ4n) is 2.51. The lowest BCUT2D eigenvalue weighted by Gasteiger charge is -2.07.